The Labute approximate surface area is 94.9 Å². The first-order chi connectivity index (χ1) is 7.70. The summed E-state index contributed by atoms with van der Waals surface area (Å²) in [6, 6.07) is 10.1. The summed E-state index contributed by atoms with van der Waals surface area (Å²) in [4.78, 5) is 4.15. The lowest BCUT2D eigenvalue weighted by molar-refractivity contribution is 0.400. The third kappa shape index (κ3) is 1.98. The average Bonchev–Trinajstić information content (AvgIpc) is 2.30. The lowest BCUT2D eigenvalue weighted by Gasteiger charge is -2.08. The zero-order valence-electron chi connectivity index (χ0n) is 9.40. The van der Waals surface area contributed by atoms with Gasteiger partial charge in [-0.15, -0.1) is 0 Å². The lowest BCUT2D eigenvalue weighted by atomic mass is 10.1. The number of aryl methyl sites for hydroxylation is 1. The Balaban J connectivity index is 2.53. The standard InChI is InChI=1S/C13H14N2O/c1-9-3-5-10(6-4-9)12-7-11(14)8-15-13(12)16-2/h3-8H,14H2,1-2H3. The first-order valence-electron chi connectivity index (χ1n) is 5.07. The molecule has 0 atom stereocenters. The van der Waals surface area contributed by atoms with E-state index in [-0.39, 0.29) is 0 Å². The molecule has 82 valence electrons. The smallest absolute Gasteiger partial charge is 0.221 e. The van der Waals surface area contributed by atoms with Crippen LogP contribution in [0, 0.1) is 6.92 Å². The Morgan fingerprint density at radius 3 is 2.50 bits per heavy atom. The van der Waals surface area contributed by atoms with Crippen LogP contribution >= 0.6 is 0 Å². The number of anilines is 1. The Bertz CT molecular complexity index is 492. The summed E-state index contributed by atoms with van der Waals surface area (Å²) in [7, 11) is 1.61. The molecule has 2 rings (SSSR count). The van der Waals surface area contributed by atoms with Crippen molar-refractivity contribution in [3.05, 3.63) is 42.1 Å². The van der Waals surface area contributed by atoms with Crippen LogP contribution < -0.4 is 10.5 Å². The van der Waals surface area contributed by atoms with E-state index in [0.29, 0.717) is 11.6 Å². The Hall–Kier alpha value is -2.03. The van der Waals surface area contributed by atoms with Gasteiger partial charge in [-0.05, 0) is 18.6 Å². The molecule has 1 aromatic heterocycles. The highest BCUT2D eigenvalue weighted by atomic mass is 16.5. The van der Waals surface area contributed by atoms with Crippen LogP contribution in [0.1, 0.15) is 5.56 Å². The molecular weight excluding hydrogens is 200 g/mol. The number of rotatable bonds is 2. The second-order valence-electron chi connectivity index (χ2n) is 3.69. The van der Waals surface area contributed by atoms with Crippen LogP contribution in [0.5, 0.6) is 5.88 Å². The predicted molar refractivity (Wildman–Crippen MR) is 65.4 cm³/mol. The van der Waals surface area contributed by atoms with Gasteiger partial charge in [0.15, 0.2) is 0 Å². The molecule has 2 aromatic rings. The zero-order valence-corrected chi connectivity index (χ0v) is 9.40. The molecule has 0 spiro atoms. The first-order valence-corrected chi connectivity index (χ1v) is 5.07. The molecule has 0 fully saturated rings. The van der Waals surface area contributed by atoms with Gasteiger partial charge in [-0.2, -0.15) is 0 Å². The molecular formula is C13H14N2O. The van der Waals surface area contributed by atoms with Crippen molar-refractivity contribution in [2.75, 3.05) is 12.8 Å². The number of hydrogen-bond donors (Lipinski definition) is 1. The van der Waals surface area contributed by atoms with Crippen molar-refractivity contribution in [2.45, 2.75) is 6.92 Å². The predicted octanol–water partition coefficient (Wildman–Crippen LogP) is 2.65. The van der Waals surface area contributed by atoms with Gasteiger partial charge in [0.05, 0.1) is 19.0 Å². The summed E-state index contributed by atoms with van der Waals surface area (Å²) in [5, 5.41) is 0. The van der Waals surface area contributed by atoms with Gasteiger partial charge < -0.3 is 10.5 Å². The summed E-state index contributed by atoms with van der Waals surface area (Å²) < 4.78 is 5.22. The molecule has 1 aromatic carbocycles. The van der Waals surface area contributed by atoms with Crippen molar-refractivity contribution >= 4 is 5.69 Å². The van der Waals surface area contributed by atoms with E-state index in [9.17, 15) is 0 Å². The van der Waals surface area contributed by atoms with Crippen LogP contribution in [0.25, 0.3) is 11.1 Å². The lowest BCUT2D eigenvalue weighted by Crippen LogP contribution is -1.94. The van der Waals surface area contributed by atoms with Crippen molar-refractivity contribution in [2.24, 2.45) is 0 Å². The molecule has 0 bridgehead atoms. The van der Waals surface area contributed by atoms with Gasteiger partial charge in [0.1, 0.15) is 0 Å². The second kappa shape index (κ2) is 4.23. The van der Waals surface area contributed by atoms with Crippen molar-refractivity contribution in [3.63, 3.8) is 0 Å². The molecule has 0 amide bonds. The second-order valence-corrected chi connectivity index (χ2v) is 3.69. The summed E-state index contributed by atoms with van der Waals surface area (Å²) in [5.41, 5.74) is 9.57. The van der Waals surface area contributed by atoms with Gasteiger partial charge in [-0.25, -0.2) is 4.98 Å². The van der Waals surface area contributed by atoms with Crippen LogP contribution in [-0.4, -0.2) is 12.1 Å². The van der Waals surface area contributed by atoms with Crippen LogP contribution in [0.15, 0.2) is 36.5 Å². The van der Waals surface area contributed by atoms with Crippen LogP contribution in [0.4, 0.5) is 5.69 Å². The molecule has 0 saturated heterocycles. The Morgan fingerprint density at radius 1 is 1.19 bits per heavy atom. The maximum absolute atomic E-state index is 5.73. The van der Waals surface area contributed by atoms with Crippen LogP contribution in [-0.2, 0) is 0 Å². The van der Waals surface area contributed by atoms with Gasteiger partial charge >= 0.3 is 0 Å². The fourth-order valence-electron chi connectivity index (χ4n) is 1.57. The number of benzene rings is 1. The number of aromatic nitrogens is 1. The topological polar surface area (TPSA) is 48.1 Å². The molecule has 0 aliphatic rings. The highest BCUT2D eigenvalue weighted by Crippen LogP contribution is 2.29. The average molecular weight is 214 g/mol. The van der Waals surface area contributed by atoms with Gasteiger partial charge in [-0.1, -0.05) is 29.8 Å². The first kappa shape index (κ1) is 10.5. The highest BCUT2D eigenvalue weighted by Gasteiger charge is 2.07. The van der Waals surface area contributed by atoms with E-state index in [4.69, 9.17) is 10.5 Å². The van der Waals surface area contributed by atoms with Crippen LogP contribution in [0.2, 0.25) is 0 Å². The van der Waals surface area contributed by atoms with Gasteiger partial charge in [-0.3, -0.25) is 0 Å². The minimum atomic E-state index is 0.595. The Morgan fingerprint density at radius 2 is 1.88 bits per heavy atom. The summed E-state index contributed by atoms with van der Waals surface area (Å²) in [6.07, 6.45) is 1.59. The zero-order chi connectivity index (χ0) is 11.5. The number of hydrogen-bond acceptors (Lipinski definition) is 3. The van der Waals surface area contributed by atoms with E-state index in [1.807, 2.05) is 18.2 Å². The molecule has 1 heterocycles. The van der Waals surface area contributed by atoms with E-state index in [1.54, 1.807) is 13.3 Å². The highest BCUT2D eigenvalue weighted by molar-refractivity contribution is 5.71. The Kier molecular flexibility index (Phi) is 2.77. The van der Waals surface area contributed by atoms with E-state index in [1.165, 1.54) is 5.56 Å². The fraction of sp³-hybridized carbons (Fsp3) is 0.154. The molecule has 0 saturated carbocycles. The fourth-order valence-corrected chi connectivity index (χ4v) is 1.57. The van der Waals surface area contributed by atoms with Crippen LogP contribution in [0.3, 0.4) is 0 Å². The molecule has 0 radical (unpaired) electrons. The molecule has 0 aliphatic carbocycles. The van der Waals surface area contributed by atoms with Crippen molar-refractivity contribution in [1.29, 1.82) is 0 Å². The SMILES string of the molecule is COc1ncc(N)cc1-c1ccc(C)cc1. The number of methoxy groups -OCH3 is 1. The quantitative estimate of drug-likeness (QED) is 0.836. The van der Waals surface area contributed by atoms with Crippen molar-refractivity contribution in [1.82, 2.24) is 4.98 Å². The van der Waals surface area contributed by atoms with Gasteiger partial charge in [0.2, 0.25) is 5.88 Å². The minimum absolute atomic E-state index is 0.595. The van der Waals surface area contributed by atoms with E-state index >= 15 is 0 Å². The number of ether oxygens (including phenoxy) is 1. The summed E-state index contributed by atoms with van der Waals surface area (Å²) >= 11 is 0. The molecule has 16 heavy (non-hydrogen) atoms. The number of nitrogen functional groups attached to an aromatic ring is 1. The maximum Gasteiger partial charge on any atom is 0.221 e. The molecule has 3 nitrogen and oxygen atoms in total. The van der Waals surface area contributed by atoms with Crippen molar-refractivity contribution < 1.29 is 4.74 Å². The maximum atomic E-state index is 5.73. The van der Waals surface area contributed by atoms with E-state index in [0.717, 1.165) is 11.1 Å². The third-order valence-corrected chi connectivity index (χ3v) is 2.43. The van der Waals surface area contributed by atoms with Crippen molar-refractivity contribution in [3.8, 4) is 17.0 Å². The third-order valence-electron chi connectivity index (χ3n) is 2.43. The number of nitrogens with two attached hydrogens (primary N) is 1. The number of pyridine rings is 1. The van der Waals surface area contributed by atoms with E-state index in [2.05, 4.69) is 24.0 Å². The van der Waals surface area contributed by atoms with E-state index < -0.39 is 0 Å². The molecule has 3 heteroatoms. The molecule has 0 unspecified atom stereocenters. The molecule has 2 N–H and O–H groups in total. The largest absolute Gasteiger partial charge is 0.481 e. The molecule has 0 aliphatic heterocycles. The summed E-state index contributed by atoms with van der Waals surface area (Å²) in [6.45, 7) is 2.05. The normalized spacial score (nSPS) is 10.1. The van der Waals surface area contributed by atoms with Gasteiger partial charge in [0.25, 0.3) is 0 Å². The monoisotopic (exact) mass is 214 g/mol. The van der Waals surface area contributed by atoms with Gasteiger partial charge in [0, 0.05) is 5.56 Å². The number of nitrogens with zero attached hydrogens (tertiary/aromatic N) is 1. The minimum Gasteiger partial charge on any atom is -0.481 e. The summed E-state index contributed by atoms with van der Waals surface area (Å²) in [5.74, 6) is 0.595.